The molecule has 16 heavy (non-hydrogen) atoms. The molecule has 0 radical (unpaired) electrons. The molecular formula is C10H7N3O3. The van der Waals surface area contributed by atoms with E-state index < -0.39 is 11.8 Å². The second-order valence-corrected chi connectivity index (χ2v) is 2.99. The van der Waals surface area contributed by atoms with Crippen molar-refractivity contribution in [3.63, 3.8) is 0 Å². The molecule has 0 spiro atoms. The molecule has 0 unspecified atom stereocenters. The van der Waals surface area contributed by atoms with Crippen molar-refractivity contribution < 1.29 is 14.7 Å². The van der Waals surface area contributed by atoms with Crippen LogP contribution < -0.4 is 0 Å². The van der Waals surface area contributed by atoms with E-state index in [1.807, 2.05) is 0 Å². The highest BCUT2D eigenvalue weighted by molar-refractivity contribution is 6.40. The van der Waals surface area contributed by atoms with Crippen molar-refractivity contribution in [1.29, 1.82) is 0 Å². The van der Waals surface area contributed by atoms with Crippen LogP contribution in [0.25, 0.3) is 5.69 Å². The molecule has 6 heteroatoms. The number of carboxylic acid groups (broad SMARTS) is 1. The van der Waals surface area contributed by atoms with Crippen LogP contribution in [0.3, 0.4) is 0 Å². The summed E-state index contributed by atoms with van der Waals surface area (Å²) in [7, 11) is 0. The fraction of sp³-hybridized carbons (Fsp3) is 0. The Labute approximate surface area is 90.2 Å². The molecule has 1 aromatic heterocycles. The quantitative estimate of drug-likeness (QED) is 0.598. The van der Waals surface area contributed by atoms with E-state index in [2.05, 4.69) is 10.1 Å². The summed E-state index contributed by atoms with van der Waals surface area (Å²) in [5.41, 5.74) is 0.480. The Morgan fingerprint density at radius 2 is 2.00 bits per heavy atom. The SMILES string of the molecule is O=C(O)C(=O)c1ccccc1-n1cncn1. The van der Waals surface area contributed by atoms with Crippen molar-refractivity contribution >= 4 is 11.8 Å². The van der Waals surface area contributed by atoms with Crippen LogP contribution in [0, 0.1) is 0 Å². The molecule has 2 aromatic rings. The van der Waals surface area contributed by atoms with E-state index in [1.165, 1.54) is 23.4 Å². The van der Waals surface area contributed by atoms with Gasteiger partial charge in [-0.25, -0.2) is 14.5 Å². The largest absolute Gasteiger partial charge is 0.475 e. The van der Waals surface area contributed by atoms with Crippen molar-refractivity contribution in [2.24, 2.45) is 0 Å². The summed E-state index contributed by atoms with van der Waals surface area (Å²) < 4.78 is 1.34. The number of aromatic nitrogens is 3. The van der Waals surface area contributed by atoms with Crippen LogP contribution in [0.2, 0.25) is 0 Å². The van der Waals surface area contributed by atoms with E-state index in [1.54, 1.807) is 18.2 Å². The zero-order chi connectivity index (χ0) is 11.5. The van der Waals surface area contributed by atoms with Crippen LogP contribution in [-0.4, -0.2) is 31.6 Å². The number of carbonyl (C=O) groups excluding carboxylic acids is 1. The lowest BCUT2D eigenvalue weighted by molar-refractivity contribution is -0.131. The van der Waals surface area contributed by atoms with Gasteiger partial charge in [-0.05, 0) is 12.1 Å². The average molecular weight is 217 g/mol. The molecular weight excluding hydrogens is 210 g/mol. The Kier molecular flexibility index (Phi) is 2.47. The summed E-state index contributed by atoms with van der Waals surface area (Å²) in [6.45, 7) is 0. The number of hydrogen-bond acceptors (Lipinski definition) is 4. The minimum atomic E-state index is -1.49. The second kappa shape index (κ2) is 3.93. The van der Waals surface area contributed by atoms with E-state index in [0.717, 1.165) is 0 Å². The third kappa shape index (κ3) is 1.68. The highest BCUT2D eigenvalue weighted by Gasteiger charge is 2.18. The van der Waals surface area contributed by atoms with Crippen molar-refractivity contribution in [3.05, 3.63) is 42.5 Å². The normalized spacial score (nSPS) is 10.0. The van der Waals surface area contributed by atoms with E-state index in [0.29, 0.717) is 5.69 Å². The van der Waals surface area contributed by atoms with Gasteiger partial charge in [-0.1, -0.05) is 12.1 Å². The minimum absolute atomic E-state index is 0.0838. The molecule has 0 aliphatic rings. The first-order valence-corrected chi connectivity index (χ1v) is 4.42. The third-order valence-electron chi connectivity index (χ3n) is 2.01. The van der Waals surface area contributed by atoms with Gasteiger partial charge in [0.25, 0.3) is 5.78 Å². The Bertz CT molecular complexity index is 534. The van der Waals surface area contributed by atoms with Gasteiger partial charge in [0.05, 0.1) is 11.3 Å². The van der Waals surface area contributed by atoms with Crippen LogP contribution >= 0.6 is 0 Å². The van der Waals surface area contributed by atoms with Gasteiger partial charge in [0.2, 0.25) is 0 Å². The van der Waals surface area contributed by atoms with Crippen LogP contribution in [0.4, 0.5) is 0 Å². The van der Waals surface area contributed by atoms with E-state index in [9.17, 15) is 9.59 Å². The molecule has 0 fully saturated rings. The maximum atomic E-state index is 11.4. The Morgan fingerprint density at radius 3 is 2.62 bits per heavy atom. The summed E-state index contributed by atoms with van der Waals surface area (Å²) in [5, 5.41) is 12.5. The number of hydrogen-bond donors (Lipinski definition) is 1. The van der Waals surface area contributed by atoms with Crippen LogP contribution in [0.1, 0.15) is 10.4 Å². The molecule has 0 saturated carbocycles. The molecule has 1 heterocycles. The maximum Gasteiger partial charge on any atom is 0.377 e. The summed E-state index contributed by atoms with van der Waals surface area (Å²) in [6, 6.07) is 6.32. The van der Waals surface area contributed by atoms with E-state index in [-0.39, 0.29) is 5.56 Å². The predicted octanol–water partition coefficient (Wildman–Crippen LogP) is 0.535. The lowest BCUT2D eigenvalue weighted by Gasteiger charge is -2.05. The minimum Gasteiger partial charge on any atom is -0.475 e. The third-order valence-corrected chi connectivity index (χ3v) is 2.01. The molecule has 0 aliphatic heterocycles. The number of aliphatic carboxylic acids is 1. The van der Waals surface area contributed by atoms with Crippen molar-refractivity contribution in [2.45, 2.75) is 0 Å². The number of Topliss-reactive ketones (excluding diaryl/α,β-unsaturated/α-hetero) is 1. The number of ketones is 1. The maximum absolute atomic E-state index is 11.4. The summed E-state index contributed by atoms with van der Waals surface area (Å²) in [5.74, 6) is -2.46. The zero-order valence-electron chi connectivity index (χ0n) is 8.07. The molecule has 1 N–H and O–H groups in total. The lowest BCUT2D eigenvalue weighted by atomic mass is 10.1. The first kappa shape index (κ1) is 10.0. The van der Waals surface area contributed by atoms with Gasteiger partial charge in [-0.15, -0.1) is 0 Å². The topological polar surface area (TPSA) is 85.1 Å². The number of nitrogens with zero attached hydrogens (tertiary/aromatic N) is 3. The van der Waals surface area contributed by atoms with Gasteiger partial charge in [-0.3, -0.25) is 4.79 Å². The van der Waals surface area contributed by atoms with Gasteiger partial charge in [0, 0.05) is 0 Å². The average Bonchev–Trinajstić information content (AvgIpc) is 2.81. The van der Waals surface area contributed by atoms with E-state index in [4.69, 9.17) is 5.11 Å². The number of carbonyl (C=O) groups is 2. The molecule has 0 saturated heterocycles. The lowest BCUT2D eigenvalue weighted by Crippen LogP contribution is -2.15. The first-order valence-electron chi connectivity index (χ1n) is 4.42. The smallest absolute Gasteiger partial charge is 0.377 e. The molecule has 2 rings (SSSR count). The Morgan fingerprint density at radius 1 is 1.25 bits per heavy atom. The standard InChI is InChI=1S/C10H7N3O3/c14-9(10(15)16)7-3-1-2-4-8(7)13-6-11-5-12-13/h1-6H,(H,15,16). The molecule has 0 atom stereocenters. The van der Waals surface area contributed by atoms with Gasteiger partial charge in [0.15, 0.2) is 0 Å². The second-order valence-electron chi connectivity index (χ2n) is 2.99. The van der Waals surface area contributed by atoms with Gasteiger partial charge in [0.1, 0.15) is 12.7 Å². The molecule has 1 aromatic carbocycles. The highest BCUT2D eigenvalue weighted by Crippen LogP contribution is 2.13. The fourth-order valence-corrected chi connectivity index (χ4v) is 1.31. The highest BCUT2D eigenvalue weighted by atomic mass is 16.4. The van der Waals surface area contributed by atoms with Gasteiger partial charge < -0.3 is 5.11 Å². The summed E-state index contributed by atoms with van der Waals surface area (Å²) in [6.07, 6.45) is 2.70. The Hall–Kier alpha value is -2.50. The molecule has 0 aliphatic carbocycles. The van der Waals surface area contributed by atoms with Crippen LogP contribution in [-0.2, 0) is 4.79 Å². The zero-order valence-corrected chi connectivity index (χ0v) is 8.07. The van der Waals surface area contributed by atoms with Crippen LogP contribution in [0.15, 0.2) is 36.9 Å². The molecule has 0 bridgehead atoms. The summed E-state index contributed by atoms with van der Waals surface area (Å²) in [4.78, 5) is 25.8. The molecule has 80 valence electrons. The fourth-order valence-electron chi connectivity index (χ4n) is 1.31. The summed E-state index contributed by atoms with van der Waals surface area (Å²) >= 11 is 0. The number of benzene rings is 1. The number of rotatable bonds is 3. The van der Waals surface area contributed by atoms with Gasteiger partial charge >= 0.3 is 5.97 Å². The monoisotopic (exact) mass is 217 g/mol. The predicted molar refractivity (Wildman–Crippen MR) is 53.3 cm³/mol. The molecule has 0 amide bonds. The number of carboxylic acids is 1. The van der Waals surface area contributed by atoms with Crippen molar-refractivity contribution in [3.8, 4) is 5.69 Å². The molecule has 6 nitrogen and oxygen atoms in total. The first-order chi connectivity index (χ1) is 7.70. The van der Waals surface area contributed by atoms with E-state index >= 15 is 0 Å². The number of para-hydroxylation sites is 1. The van der Waals surface area contributed by atoms with Crippen molar-refractivity contribution in [2.75, 3.05) is 0 Å². The van der Waals surface area contributed by atoms with Crippen molar-refractivity contribution in [1.82, 2.24) is 14.8 Å². The van der Waals surface area contributed by atoms with Gasteiger partial charge in [-0.2, -0.15) is 5.10 Å². The van der Waals surface area contributed by atoms with Crippen LogP contribution in [0.5, 0.6) is 0 Å². The Balaban J connectivity index is 2.55.